The Balaban J connectivity index is 1.50. The maximum Gasteiger partial charge on any atom is 0.225 e. The first-order valence-electron chi connectivity index (χ1n) is 7.44. The Morgan fingerprint density at radius 3 is 2.11 bits per heavy atom. The van der Waals surface area contributed by atoms with Gasteiger partial charge in [-0.25, -0.2) is 0 Å². The molecule has 102 valence electrons. The molecule has 1 amide bonds. The van der Waals surface area contributed by atoms with Gasteiger partial charge in [0.25, 0.3) is 0 Å². The van der Waals surface area contributed by atoms with Gasteiger partial charge in [0.1, 0.15) is 0 Å². The molecular weight excluding hydrogens is 224 g/mol. The highest BCUT2D eigenvalue weighted by Gasteiger charge is 2.49. The van der Waals surface area contributed by atoms with Crippen molar-refractivity contribution in [3.63, 3.8) is 0 Å². The molecule has 0 bridgehead atoms. The van der Waals surface area contributed by atoms with Crippen LogP contribution in [0.25, 0.3) is 0 Å². The number of carbonyl (C=O) groups is 1. The fraction of sp³-hybridized carbons (Fsp3) is 0.933. The highest BCUT2D eigenvalue weighted by Crippen LogP contribution is 2.44. The third-order valence-corrected chi connectivity index (χ3v) is 5.06. The molecule has 1 spiro atoms. The van der Waals surface area contributed by atoms with Crippen LogP contribution in [0, 0.1) is 11.3 Å². The normalized spacial score (nSPS) is 28.3. The number of carbonyl (C=O) groups excluding carboxylic acids is 1. The average molecular weight is 250 g/mol. The molecule has 3 nitrogen and oxygen atoms in total. The van der Waals surface area contributed by atoms with Crippen LogP contribution in [0.5, 0.6) is 0 Å². The molecule has 0 aromatic carbocycles. The van der Waals surface area contributed by atoms with Crippen LogP contribution in [-0.2, 0) is 4.79 Å². The molecule has 0 radical (unpaired) electrons. The monoisotopic (exact) mass is 250 g/mol. The van der Waals surface area contributed by atoms with E-state index >= 15 is 0 Å². The number of likely N-dealkylation sites (tertiary alicyclic amines) is 2. The number of rotatable bonds is 1. The van der Waals surface area contributed by atoms with Crippen LogP contribution in [0.2, 0.25) is 0 Å². The van der Waals surface area contributed by atoms with Gasteiger partial charge in [0.15, 0.2) is 0 Å². The van der Waals surface area contributed by atoms with Crippen LogP contribution in [-0.4, -0.2) is 47.4 Å². The Labute approximate surface area is 111 Å². The van der Waals surface area contributed by atoms with Gasteiger partial charge in [0, 0.05) is 30.0 Å². The molecular formula is C15H26N2O. The standard InChI is InChI=1S/C15H26N2O/c1-14(2,3)17-8-6-15(7-9-17)10-16(11-15)13(18)12-4-5-12/h12H,4-11H2,1-3H3. The van der Waals surface area contributed by atoms with E-state index in [2.05, 4.69) is 30.6 Å². The van der Waals surface area contributed by atoms with Crippen LogP contribution < -0.4 is 0 Å². The number of nitrogens with zero attached hydrogens (tertiary/aromatic N) is 2. The van der Waals surface area contributed by atoms with E-state index in [9.17, 15) is 4.79 Å². The first-order chi connectivity index (χ1) is 8.40. The Bertz CT molecular complexity index is 338. The molecule has 3 aliphatic rings. The van der Waals surface area contributed by atoms with Crippen LogP contribution in [0.3, 0.4) is 0 Å². The van der Waals surface area contributed by atoms with E-state index in [1.807, 2.05) is 0 Å². The molecule has 1 saturated carbocycles. The number of piperidine rings is 1. The van der Waals surface area contributed by atoms with Crippen LogP contribution in [0.4, 0.5) is 0 Å². The summed E-state index contributed by atoms with van der Waals surface area (Å²) in [4.78, 5) is 16.7. The van der Waals surface area contributed by atoms with Gasteiger partial charge in [-0.05, 0) is 59.5 Å². The van der Waals surface area contributed by atoms with Crippen LogP contribution >= 0.6 is 0 Å². The minimum atomic E-state index is 0.300. The van der Waals surface area contributed by atoms with Crippen molar-refractivity contribution in [1.29, 1.82) is 0 Å². The van der Waals surface area contributed by atoms with E-state index < -0.39 is 0 Å². The lowest BCUT2D eigenvalue weighted by Crippen LogP contribution is -2.63. The highest BCUT2D eigenvalue weighted by molar-refractivity contribution is 5.82. The fourth-order valence-corrected chi connectivity index (χ4v) is 3.48. The maximum absolute atomic E-state index is 12.0. The largest absolute Gasteiger partial charge is 0.341 e. The van der Waals surface area contributed by atoms with Gasteiger partial charge in [-0.3, -0.25) is 9.69 Å². The molecule has 2 aliphatic heterocycles. The van der Waals surface area contributed by atoms with E-state index in [1.54, 1.807) is 0 Å². The van der Waals surface area contributed by atoms with Gasteiger partial charge in [-0.15, -0.1) is 0 Å². The number of hydrogen-bond acceptors (Lipinski definition) is 2. The minimum Gasteiger partial charge on any atom is -0.341 e. The molecule has 0 unspecified atom stereocenters. The second-order valence-electron chi connectivity index (χ2n) is 7.63. The zero-order valence-electron chi connectivity index (χ0n) is 12.0. The lowest BCUT2D eigenvalue weighted by molar-refractivity contribution is -0.149. The van der Waals surface area contributed by atoms with Crippen molar-refractivity contribution in [2.24, 2.45) is 11.3 Å². The quantitative estimate of drug-likeness (QED) is 0.711. The number of amides is 1. The third-order valence-electron chi connectivity index (χ3n) is 5.06. The molecule has 18 heavy (non-hydrogen) atoms. The summed E-state index contributed by atoms with van der Waals surface area (Å²) in [5, 5.41) is 0. The SMILES string of the molecule is CC(C)(C)N1CCC2(CC1)CN(C(=O)C1CC1)C2. The van der Waals surface area contributed by atoms with Crippen LogP contribution in [0.1, 0.15) is 46.5 Å². The summed E-state index contributed by atoms with van der Waals surface area (Å²) in [5.74, 6) is 0.843. The summed E-state index contributed by atoms with van der Waals surface area (Å²) in [5.41, 5.74) is 0.779. The van der Waals surface area contributed by atoms with Crippen molar-refractivity contribution < 1.29 is 4.79 Å². The second kappa shape index (κ2) is 3.96. The minimum absolute atomic E-state index is 0.300. The topological polar surface area (TPSA) is 23.6 Å². The van der Waals surface area contributed by atoms with Gasteiger partial charge < -0.3 is 4.90 Å². The molecule has 1 aliphatic carbocycles. The van der Waals surface area contributed by atoms with E-state index in [0.717, 1.165) is 25.9 Å². The Morgan fingerprint density at radius 1 is 1.11 bits per heavy atom. The molecule has 0 atom stereocenters. The Kier molecular flexibility index (Phi) is 2.74. The first kappa shape index (κ1) is 12.5. The highest BCUT2D eigenvalue weighted by atomic mass is 16.2. The Morgan fingerprint density at radius 2 is 1.67 bits per heavy atom. The summed E-state index contributed by atoms with van der Waals surface area (Å²) in [6.07, 6.45) is 4.83. The van der Waals surface area contributed by atoms with Crippen molar-refractivity contribution in [3.05, 3.63) is 0 Å². The Hall–Kier alpha value is -0.570. The second-order valence-corrected chi connectivity index (χ2v) is 7.63. The molecule has 2 saturated heterocycles. The molecule has 3 rings (SSSR count). The van der Waals surface area contributed by atoms with Crippen molar-refractivity contribution in [2.45, 2.75) is 52.0 Å². The van der Waals surface area contributed by atoms with E-state index in [-0.39, 0.29) is 0 Å². The molecule has 3 heteroatoms. The smallest absolute Gasteiger partial charge is 0.225 e. The summed E-state index contributed by atoms with van der Waals surface area (Å²) in [6, 6.07) is 0. The third kappa shape index (κ3) is 2.18. The lowest BCUT2D eigenvalue weighted by Gasteiger charge is -2.55. The van der Waals surface area contributed by atoms with Gasteiger partial charge in [-0.1, -0.05) is 0 Å². The summed E-state index contributed by atoms with van der Waals surface area (Å²) in [7, 11) is 0. The van der Waals surface area contributed by atoms with Gasteiger partial charge in [-0.2, -0.15) is 0 Å². The molecule has 0 N–H and O–H groups in total. The summed E-state index contributed by atoms with van der Waals surface area (Å²) >= 11 is 0. The molecule has 2 heterocycles. The van der Waals surface area contributed by atoms with Gasteiger partial charge >= 0.3 is 0 Å². The van der Waals surface area contributed by atoms with Gasteiger partial charge in [0.05, 0.1) is 0 Å². The predicted octanol–water partition coefficient (Wildman–Crippen LogP) is 2.12. The first-order valence-corrected chi connectivity index (χ1v) is 7.44. The molecule has 3 fully saturated rings. The zero-order chi connectivity index (χ0) is 13.0. The summed E-state index contributed by atoms with van der Waals surface area (Å²) < 4.78 is 0. The van der Waals surface area contributed by atoms with Gasteiger partial charge in [0.2, 0.25) is 5.91 Å². The predicted molar refractivity (Wildman–Crippen MR) is 72.3 cm³/mol. The van der Waals surface area contributed by atoms with Crippen LogP contribution in [0.15, 0.2) is 0 Å². The zero-order valence-corrected chi connectivity index (χ0v) is 12.0. The van der Waals surface area contributed by atoms with Crippen molar-refractivity contribution in [1.82, 2.24) is 9.80 Å². The van der Waals surface area contributed by atoms with E-state index in [0.29, 0.717) is 22.8 Å². The van der Waals surface area contributed by atoms with E-state index in [1.165, 1.54) is 25.9 Å². The van der Waals surface area contributed by atoms with E-state index in [4.69, 9.17) is 0 Å². The molecule has 0 aromatic rings. The maximum atomic E-state index is 12.0. The summed E-state index contributed by atoms with van der Waals surface area (Å²) in [6.45, 7) is 11.4. The van der Waals surface area contributed by atoms with Crippen molar-refractivity contribution in [2.75, 3.05) is 26.2 Å². The average Bonchev–Trinajstić information content (AvgIpc) is 3.07. The molecule has 0 aromatic heterocycles. The fourth-order valence-electron chi connectivity index (χ4n) is 3.48. The van der Waals surface area contributed by atoms with Crippen molar-refractivity contribution >= 4 is 5.91 Å². The van der Waals surface area contributed by atoms with Crippen molar-refractivity contribution in [3.8, 4) is 0 Å². The lowest BCUT2D eigenvalue weighted by atomic mass is 9.71. The number of hydrogen-bond donors (Lipinski definition) is 0.